The van der Waals surface area contributed by atoms with E-state index in [1.165, 1.54) is 6.08 Å². The van der Waals surface area contributed by atoms with E-state index < -0.39 is 18.0 Å². The molecule has 11 nitrogen and oxygen atoms in total. The van der Waals surface area contributed by atoms with Gasteiger partial charge in [-0.25, -0.2) is 0 Å². The van der Waals surface area contributed by atoms with Gasteiger partial charge in [0, 0.05) is 25.2 Å². The average Bonchev–Trinajstić information content (AvgIpc) is 2.99. The summed E-state index contributed by atoms with van der Waals surface area (Å²) >= 11 is 0. The number of aliphatic imine (C=N–C) groups is 1. The van der Waals surface area contributed by atoms with Gasteiger partial charge < -0.3 is 32.7 Å². The minimum absolute atomic E-state index is 0.00307. The summed E-state index contributed by atoms with van der Waals surface area (Å²) in [7, 11) is 0. The summed E-state index contributed by atoms with van der Waals surface area (Å²) in [4.78, 5) is 56.3. The Bertz CT molecular complexity index is 1280. The zero-order valence-corrected chi connectivity index (χ0v) is 26.8. The Morgan fingerprint density at radius 3 is 2.04 bits per heavy atom. The van der Waals surface area contributed by atoms with Crippen molar-refractivity contribution in [2.45, 2.75) is 71.5 Å². The fourth-order valence-electron chi connectivity index (χ4n) is 4.52. The molecular weight excluding hydrogens is 570 g/mol. The largest absolute Gasteiger partial charge is 0.370 e. The molecule has 2 aromatic rings. The first kappa shape index (κ1) is 36.5. The Morgan fingerprint density at radius 1 is 0.822 bits per heavy atom. The molecule has 0 spiro atoms. The predicted molar refractivity (Wildman–Crippen MR) is 179 cm³/mol. The first-order valence-electron chi connectivity index (χ1n) is 15.4. The standard InChI is InChI=1S/C34H49N7O4/c1-23(2)20-28(33(45)41-29(24(3)4)22-38-30(42)18-17-25-12-7-5-8-13-25)40-32(44)27(16-11-19-37-34(35)36)39-31(43)21-26-14-9-6-10-15-26/h5-10,12-15,17-18,23-24,27-29H,11,16,19-22H2,1-4H3,(H,38,42)(H,39,43)(H,40,44)(H,41,45)(H4,35,36,37)/t27-,28-,29+/m0/s1. The molecule has 0 saturated heterocycles. The zero-order chi connectivity index (χ0) is 33.2. The molecule has 0 bridgehead atoms. The highest BCUT2D eigenvalue weighted by molar-refractivity contribution is 5.93. The summed E-state index contributed by atoms with van der Waals surface area (Å²) in [5.74, 6) is -1.38. The van der Waals surface area contributed by atoms with E-state index in [4.69, 9.17) is 11.5 Å². The van der Waals surface area contributed by atoms with Crippen molar-refractivity contribution in [1.82, 2.24) is 21.3 Å². The number of nitrogens with two attached hydrogens (primary N) is 2. The van der Waals surface area contributed by atoms with Gasteiger partial charge in [-0.2, -0.15) is 0 Å². The topological polar surface area (TPSA) is 181 Å². The fraction of sp³-hybridized carbons (Fsp3) is 0.441. The lowest BCUT2D eigenvalue weighted by atomic mass is 9.99. The van der Waals surface area contributed by atoms with Crippen LogP contribution in [-0.2, 0) is 25.6 Å². The summed E-state index contributed by atoms with van der Waals surface area (Å²) in [5.41, 5.74) is 12.6. The van der Waals surface area contributed by atoms with Gasteiger partial charge in [0.1, 0.15) is 12.1 Å². The van der Waals surface area contributed by atoms with Crippen LogP contribution >= 0.6 is 0 Å². The number of guanidine groups is 1. The minimum atomic E-state index is -0.894. The molecule has 0 aliphatic carbocycles. The van der Waals surface area contributed by atoms with Crippen LogP contribution in [0.4, 0.5) is 0 Å². The van der Waals surface area contributed by atoms with Crippen LogP contribution in [0.1, 0.15) is 58.1 Å². The number of nitrogens with zero attached hydrogens (tertiary/aromatic N) is 1. The lowest BCUT2D eigenvalue weighted by molar-refractivity contribution is -0.132. The van der Waals surface area contributed by atoms with E-state index in [9.17, 15) is 19.2 Å². The predicted octanol–water partition coefficient (Wildman–Crippen LogP) is 2.27. The second kappa shape index (κ2) is 19.6. The van der Waals surface area contributed by atoms with Crippen molar-refractivity contribution >= 4 is 35.7 Å². The van der Waals surface area contributed by atoms with Crippen LogP contribution in [0.3, 0.4) is 0 Å². The van der Waals surface area contributed by atoms with Gasteiger partial charge in [0.05, 0.1) is 6.42 Å². The number of hydrogen-bond donors (Lipinski definition) is 6. The molecule has 244 valence electrons. The number of amides is 4. The van der Waals surface area contributed by atoms with Crippen LogP contribution in [0.25, 0.3) is 6.08 Å². The summed E-state index contributed by atoms with van der Waals surface area (Å²) in [6, 6.07) is 16.6. The second-order valence-electron chi connectivity index (χ2n) is 11.8. The molecule has 0 unspecified atom stereocenters. The van der Waals surface area contributed by atoms with E-state index in [-0.39, 0.29) is 60.9 Å². The molecule has 45 heavy (non-hydrogen) atoms. The minimum Gasteiger partial charge on any atom is -0.370 e. The molecule has 0 heterocycles. The van der Waals surface area contributed by atoms with Crippen molar-refractivity contribution in [3.8, 4) is 0 Å². The van der Waals surface area contributed by atoms with Crippen LogP contribution in [0, 0.1) is 11.8 Å². The van der Waals surface area contributed by atoms with Crippen molar-refractivity contribution in [2.24, 2.45) is 28.3 Å². The summed E-state index contributed by atoms with van der Waals surface area (Å²) in [5, 5.41) is 11.5. The van der Waals surface area contributed by atoms with Gasteiger partial charge in [0.2, 0.25) is 23.6 Å². The SMILES string of the molecule is CC(C)C[C@H](NC(=O)[C@H](CCCN=C(N)N)NC(=O)Cc1ccccc1)C(=O)N[C@H](CNC(=O)C=Cc1ccccc1)C(C)C. The quantitative estimate of drug-likeness (QED) is 0.0644. The van der Waals surface area contributed by atoms with Crippen molar-refractivity contribution < 1.29 is 19.2 Å². The molecular formula is C34H49N7O4. The normalized spacial score (nSPS) is 13.1. The van der Waals surface area contributed by atoms with Gasteiger partial charge in [0.25, 0.3) is 0 Å². The molecule has 2 rings (SSSR count). The van der Waals surface area contributed by atoms with Gasteiger partial charge >= 0.3 is 0 Å². The number of nitrogens with one attached hydrogen (secondary N) is 4. The van der Waals surface area contributed by atoms with Crippen LogP contribution in [0.5, 0.6) is 0 Å². The molecule has 0 aliphatic heterocycles. The molecule has 2 aromatic carbocycles. The van der Waals surface area contributed by atoms with Crippen LogP contribution in [0.2, 0.25) is 0 Å². The second-order valence-corrected chi connectivity index (χ2v) is 11.8. The van der Waals surface area contributed by atoms with Gasteiger partial charge in [-0.1, -0.05) is 88.4 Å². The molecule has 0 fully saturated rings. The van der Waals surface area contributed by atoms with Gasteiger partial charge in [0.15, 0.2) is 5.96 Å². The Kier molecular flexibility index (Phi) is 15.9. The third kappa shape index (κ3) is 15.1. The molecule has 0 radical (unpaired) electrons. The molecule has 4 amide bonds. The molecule has 0 aliphatic rings. The maximum absolute atomic E-state index is 13.5. The molecule has 3 atom stereocenters. The maximum atomic E-state index is 13.5. The number of hydrogen-bond acceptors (Lipinski definition) is 5. The van der Waals surface area contributed by atoms with Crippen molar-refractivity contribution in [3.05, 3.63) is 77.9 Å². The van der Waals surface area contributed by atoms with E-state index in [1.54, 1.807) is 6.08 Å². The van der Waals surface area contributed by atoms with Crippen molar-refractivity contribution in [1.29, 1.82) is 0 Å². The smallest absolute Gasteiger partial charge is 0.244 e. The molecule has 0 aromatic heterocycles. The first-order valence-corrected chi connectivity index (χ1v) is 15.4. The van der Waals surface area contributed by atoms with Crippen LogP contribution in [0.15, 0.2) is 71.7 Å². The lowest BCUT2D eigenvalue weighted by Gasteiger charge is -2.28. The van der Waals surface area contributed by atoms with E-state index in [2.05, 4.69) is 26.3 Å². The van der Waals surface area contributed by atoms with Crippen molar-refractivity contribution in [2.75, 3.05) is 13.1 Å². The van der Waals surface area contributed by atoms with E-state index in [0.717, 1.165) is 11.1 Å². The molecule has 8 N–H and O–H groups in total. The van der Waals surface area contributed by atoms with Crippen LogP contribution < -0.4 is 32.7 Å². The molecule has 11 heteroatoms. The number of carbonyl (C=O) groups excluding carboxylic acids is 4. The number of rotatable bonds is 18. The Balaban J connectivity index is 2.08. The van der Waals surface area contributed by atoms with Gasteiger partial charge in [-0.05, 0) is 48.3 Å². The third-order valence-electron chi connectivity index (χ3n) is 7.00. The zero-order valence-electron chi connectivity index (χ0n) is 26.8. The van der Waals surface area contributed by atoms with E-state index in [1.807, 2.05) is 88.4 Å². The van der Waals surface area contributed by atoms with E-state index in [0.29, 0.717) is 19.4 Å². The van der Waals surface area contributed by atoms with Gasteiger partial charge in [-0.3, -0.25) is 24.2 Å². The summed E-state index contributed by atoms with van der Waals surface area (Å²) in [6.45, 7) is 8.31. The highest BCUT2D eigenvalue weighted by Gasteiger charge is 2.29. The van der Waals surface area contributed by atoms with Crippen LogP contribution in [-0.4, -0.2) is 60.8 Å². The highest BCUT2D eigenvalue weighted by Crippen LogP contribution is 2.10. The summed E-state index contributed by atoms with van der Waals surface area (Å²) in [6.07, 6.45) is 4.38. The Labute approximate surface area is 266 Å². The third-order valence-corrected chi connectivity index (χ3v) is 7.00. The molecule has 0 saturated carbocycles. The fourth-order valence-corrected chi connectivity index (χ4v) is 4.52. The monoisotopic (exact) mass is 619 g/mol. The van der Waals surface area contributed by atoms with Crippen molar-refractivity contribution in [3.63, 3.8) is 0 Å². The average molecular weight is 620 g/mol. The maximum Gasteiger partial charge on any atom is 0.244 e. The van der Waals surface area contributed by atoms with Gasteiger partial charge in [-0.15, -0.1) is 0 Å². The Hall–Kier alpha value is -4.67. The summed E-state index contributed by atoms with van der Waals surface area (Å²) < 4.78 is 0. The highest BCUT2D eigenvalue weighted by atomic mass is 16.2. The lowest BCUT2D eigenvalue weighted by Crippen LogP contribution is -2.57. The first-order chi connectivity index (χ1) is 21.4. The number of carbonyl (C=O) groups is 4. The number of benzene rings is 2. The van der Waals surface area contributed by atoms with E-state index >= 15 is 0 Å². The Morgan fingerprint density at radius 2 is 1.44 bits per heavy atom.